The van der Waals surface area contributed by atoms with Crippen molar-refractivity contribution in [2.75, 3.05) is 7.11 Å². The van der Waals surface area contributed by atoms with Crippen molar-refractivity contribution in [3.05, 3.63) is 66.2 Å². The maximum Gasteiger partial charge on any atom is 0.166 e. The Labute approximate surface area is 150 Å². The average Bonchev–Trinajstić information content (AvgIpc) is 3.29. The van der Waals surface area contributed by atoms with Gasteiger partial charge in [0.05, 0.1) is 23.8 Å². The van der Waals surface area contributed by atoms with Gasteiger partial charge < -0.3 is 14.3 Å². The minimum absolute atomic E-state index is 0.743. The maximum atomic E-state index is 5.36. The molecule has 4 aromatic rings. The highest BCUT2D eigenvalue weighted by Crippen LogP contribution is 2.27. The Kier molecular flexibility index (Phi) is 4.19. The molecule has 126 valence electrons. The Morgan fingerprint density at radius 2 is 2.04 bits per heavy atom. The highest BCUT2D eigenvalue weighted by molar-refractivity contribution is 7.98. The van der Waals surface area contributed by atoms with E-state index in [-0.39, 0.29) is 0 Å². The second kappa shape index (κ2) is 6.64. The molecule has 3 heterocycles. The Bertz CT molecular complexity index is 1010. The summed E-state index contributed by atoms with van der Waals surface area (Å²) >= 11 is 1.64. The quantitative estimate of drug-likeness (QED) is 0.544. The third-order valence-corrected chi connectivity index (χ3v) is 5.06. The maximum absolute atomic E-state index is 5.36. The van der Waals surface area contributed by atoms with Crippen LogP contribution in [0.15, 0.2) is 60.1 Å². The van der Waals surface area contributed by atoms with E-state index in [9.17, 15) is 0 Å². The predicted molar refractivity (Wildman–Crippen MR) is 101 cm³/mol. The smallest absolute Gasteiger partial charge is 0.166 e. The van der Waals surface area contributed by atoms with E-state index in [1.807, 2.05) is 43.6 Å². The van der Waals surface area contributed by atoms with E-state index < -0.39 is 0 Å². The first-order valence-electron chi connectivity index (χ1n) is 7.99. The topological polar surface area (TPSA) is 55.7 Å². The van der Waals surface area contributed by atoms with Crippen LogP contribution in [-0.4, -0.2) is 26.6 Å². The molecule has 0 saturated heterocycles. The average molecular weight is 350 g/mol. The van der Waals surface area contributed by atoms with Gasteiger partial charge in [-0.2, -0.15) is 0 Å². The summed E-state index contributed by atoms with van der Waals surface area (Å²) in [7, 11) is 1.68. The lowest BCUT2D eigenvalue weighted by molar-refractivity contribution is 0.410. The van der Waals surface area contributed by atoms with Crippen molar-refractivity contribution in [2.24, 2.45) is 0 Å². The van der Waals surface area contributed by atoms with Crippen LogP contribution in [0.1, 0.15) is 11.3 Å². The van der Waals surface area contributed by atoms with E-state index in [4.69, 9.17) is 4.74 Å². The summed E-state index contributed by atoms with van der Waals surface area (Å²) < 4.78 is 7.44. The zero-order valence-corrected chi connectivity index (χ0v) is 14.9. The molecule has 3 aromatic heterocycles. The number of nitrogens with one attached hydrogen (secondary N) is 1. The van der Waals surface area contributed by atoms with Gasteiger partial charge in [0, 0.05) is 35.6 Å². The van der Waals surface area contributed by atoms with Crippen LogP contribution in [0.3, 0.4) is 0 Å². The second-order valence-corrected chi connectivity index (χ2v) is 6.67. The number of rotatable bonds is 5. The summed E-state index contributed by atoms with van der Waals surface area (Å²) in [4.78, 5) is 12.5. The second-order valence-electron chi connectivity index (χ2n) is 5.71. The Morgan fingerprint density at radius 3 is 2.84 bits per heavy atom. The molecule has 0 bridgehead atoms. The molecule has 0 radical (unpaired) electrons. The fourth-order valence-electron chi connectivity index (χ4n) is 2.77. The van der Waals surface area contributed by atoms with Crippen molar-refractivity contribution >= 4 is 22.8 Å². The summed E-state index contributed by atoms with van der Waals surface area (Å²) in [6.07, 6.45) is 5.85. The van der Waals surface area contributed by atoms with Crippen molar-refractivity contribution in [1.82, 2.24) is 19.5 Å². The van der Waals surface area contributed by atoms with Gasteiger partial charge >= 0.3 is 0 Å². The molecule has 25 heavy (non-hydrogen) atoms. The zero-order valence-electron chi connectivity index (χ0n) is 14.1. The van der Waals surface area contributed by atoms with E-state index in [2.05, 4.69) is 31.7 Å². The number of ether oxygens (including phenoxy) is 1. The van der Waals surface area contributed by atoms with Crippen LogP contribution >= 0.6 is 11.8 Å². The molecule has 0 atom stereocenters. The van der Waals surface area contributed by atoms with E-state index >= 15 is 0 Å². The van der Waals surface area contributed by atoms with E-state index in [1.165, 1.54) is 0 Å². The first-order chi connectivity index (χ1) is 12.2. The number of methoxy groups -OCH3 is 1. The molecule has 0 spiro atoms. The largest absolute Gasteiger partial charge is 0.496 e. The van der Waals surface area contributed by atoms with Crippen LogP contribution < -0.4 is 4.74 Å². The fourth-order valence-corrected chi connectivity index (χ4v) is 3.68. The number of nitrogens with zero attached hydrogens (tertiary/aromatic N) is 3. The molecule has 0 unspecified atom stereocenters. The first kappa shape index (κ1) is 15.8. The number of aromatic nitrogens is 4. The Hall–Kier alpha value is -2.73. The van der Waals surface area contributed by atoms with Crippen molar-refractivity contribution < 1.29 is 4.74 Å². The van der Waals surface area contributed by atoms with Crippen LogP contribution in [0, 0.1) is 6.92 Å². The molecule has 1 N–H and O–H groups in total. The van der Waals surface area contributed by atoms with Crippen molar-refractivity contribution in [3.63, 3.8) is 0 Å². The third kappa shape index (κ3) is 3.13. The van der Waals surface area contributed by atoms with E-state index in [1.54, 1.807) is 25.1 Å². The first-order valence-corrected chi connectivity index (χ1v) is 8.97. The lowest BCUT2D eigenvalue weighted by Crippen LogP contribution is -1.95. The number of benzene rings is 1. The van der Waals surface area contributed by atoms with Crippen molar-refractivity contribution in [3.8, 4) is 11.4 Å². The monoisotopic (exact) mass is 350 g/mol. The van der Waals surface area contributed by atoms with Crippen LogP contribution in [-0.2, 0) is 5.75 Å². The number of fused-ring (bicyclic) bond motifs is 1. The minimum atomic E-state index is 0.743. The molecule has 0 aliphatic rings. The lowest BCUT2D eigenvalue weighted by Gasteiger charge is -2.08. The molecule has 5 nitrogen and oxygen atoms in total. The number of thioether (sulfide) groups is 1. The highest BCUT2D eigenvalue weighted by atomic mass is 32.2. The molecule has 0 amide bonds. The van der Waals surface area contributed by atoms with Crippen LogP contribution in [0.25, 0.3) is 16.7 Å². The van der Waals surface area contributed by atoms with E-state index in [0.717, 1.165) is 44.6 Å². The van der Waals surface area contributed by atoms with Crippen LogP contribution in [0.5, 0.6) is 5.75 Å². The number of hydrogen-bond acceptors (Lipinski definition) is 4. The highest BCUT2D eigenvalue weighted by Gasteiger charge is 2.09. The predicted octanol–water partition coefficient (Wildman–Crippen LogP) is 4.36. The molecule has 0 fully saturated rings. The number of imidazole rings is 1. The number of H-pyrrole nitrogens is 1. The molecular formula is C19H18N4OS. The van der Waals surface area contributed by atoms with Gasteiger partial charge in [-0.05, 0) is 43.3 Å². The molecular weight excluding hydrogens is 332 g/mol. The number of pyridine rings is 1. The van der Waals surface area contributed by atoms with Gasteiger partial charge in [0.1, 0.15) is 5.75 Å². The summed E-state index contributed by atoms with van der Waals surface area (Å²) in [5.74, 6) is 1.61. The summed E-state index contributed by atoms with van der Waals surface area (Å²) in [6, 6.07) is 12.1. The Balaban J connectivity index is 1.56. The molecule has 4 rings (SSSR count). The standard InChI is InChI=1S/C19H18N4OS/c1-13-17(20-8-7-18(13)24-2)12-25-19-21-15-6-5-14(11-16(15)22-19)23-9-3-4-10-23/h3-11H,12H2,1-2H3,(H,21,22). The van der Waals surface area contributed by atoms with Gasteiger partial charge in [-0.3, -0.25) is 4.98 Å². The van der Waals surface area contributed by atoms with Crippen molar-refractivity contribution in [2.45, 2.75) is 17.8 Å². The molecule has 1 aromatic carbocycles. The molecule has 0 saturated carbocycles. The van der Waals surface area contributed by atoms with Gasteiger partial charge in [-0.25, -0.2) is 4.98 Å². The number of hydrogen-bond donors (Lipinski definition) is 1. The van der Waals surface area contributed by atoms with Crippen molar-refractivity contribution in [1.29, 1.82) is 0 Å². The van der Waals surface area contributed by atoms with Gasteiger partial charge in [0.2, 0.25) is 0 Å². The minimum Gasteiger partial charge on any atom is -0.496 e. The van der Waals surface area contributed by atoms with Crippen LogP contribution in [0.2, 0.25) is 0 Å². The summed E-state index contributed by atoms with van der Waals surface area (Å²) in [6.45, 7) is 2.03. The van der Waals surface area contributed by atoms with Gasteiger partial charge in [0.15, 0.2) is 5.16 Å². The zero-order chi connectivity index (χ0) is 17.2. The fraction of sp³-hybridized carbons (Fsp3) is 0.158. The molecule has 0 aliphatic heterocycles. The van der Waals surface area contributed by atoms with E-state index in [0.29, 0.717) is 0 Å². The molecule has 6 heteroatoms. The van der Waals surface area contributed by atoms with Crippen LogP contribution in [0.4, 0.5) is 0 Å². The molecule has 0 aliphatic carbocycles. The SMILES string of the molecule is COc1ccnc(CSc2nc3ccc(-n4cccc4)cc3[nH]2)c1C. The number of aromatic amines is 1. The summed E-state index contributed by atoms with van der Waals surface area (Å²) in [5.41, 5.74) is 5.20. The van der Waals surface area contributed by atoms with Gasteiger partial charge in [-0.15, -0.1) is 0 Å². The normalized spacial score (nSPS) is 11.1. The summed E-state index contributed by atoms with van der Waals surface area (Å²) in [5, 5.41) is 0.892. The third-order valence-electron chi connectivity index (χ3n) is 4.17. The Morgan fingerprint density at radius 1 is 1.20 bits per heavy atom. The van der Waals surface area contributed by atoms with Gasteiger partial charge in [0.25, 0.3) is 0 Å². The lowest BCUT2D eigenvalue weighted by atomic mass is 10.2. The van der Waals surface area contributed by atoms with Gasteiger partial charge in [-0.1, -0.05) is 11.8 Å².